The molecule has 1 rings (SSSR count). The van der Waals surface area contributed by atoms with Crippen LogP contribution in [0.1, 0.15) is 33.3 Å². The summed E-state index contributed by atoms with van der Waals surface area (Å²) in [4.78, 5) is 2.41. The van der Waals surface area contributed by atoms with Crippen molar-refractivity contribution in [2.75, 3.05) is 26.2 Å². The molecular formula is C18H29N3O2. The molecule has 0 radical (unpaired) electrons. The minimum absolute atomic E-state index is 0.233. The van der Waals surface area contributed by atoms with E-state index in [2.05, 4.69) is 44.0 Å². The van der Waals surface area contributed by atoms with Crippen molar-refractivity contribution in [1.29, 1.82) is 5.26 Å². The number of nitriles is 1. The Kier molecular flexibility index (Phi) is 8.64. The SMILES string of the molecule is CC(C)N(CCNC[C@H](O)COc1ccc(C#N)cc1)C(C)C. The van der Waals surface area contributed by atoms with Crippen molar-refractivity contribution in [3.63, 3.8) is 0 Å². The van der Waals surface area contributed by atoms with E-state index in [9.17, 15) is 5.11 Å². The third-order valence-electron chi connectivity index (χ3n) is 3.68. The lowest BCUT2D eigenvalue weighted by Crippen LogP contribution is -2.43. The van der Waals surface area contributed by atoms with E-state index in [0.29, 0.717) is 29.9 Å². The number of nitrogens with one attached hydrogen (secondary N) is 1. The number of hydrogen-bond donors (Lipinski definition) is 2. The molecule has 5 heteroatoms. The highest BCUT2D eigenvalue weighted by Gasteiger charge is 2.12. The van der Waals surface area contributed by atoms with Gasteiger partial charge in [0.2, 0.25) is 0 Å². The van der Waals surface area contributed by atoms with E-state index < -0.39 is 6.10 Å². The molecule has 23 heavy (non-hydrogen) atoms. The molecule has 0 saturated carbocycles. The van der Waals surface area contributed by atoms with E-state index in [4.69, 9.17) is 10.00 Å². The molecule has 0 aliphatic rings. The van der Waals surface area contributed by atoms with Gasteiger partial charge in [-0.3, -0.25) is 4.90 Å². The summed E-state index contributed by atoms with van der Waals surface area (Å²) < 4.78 is 5.51. The second-order valence-corrected chi connectivity index (χ2v) is 6.23. The van der Waals surface area contributed by atoms with Gasteiger partial charge in [0.05, 0.1) is 11.6 Å². The standard InChI is InChI=1S/C18H29N3O2/c1-14(2)21(15(3)4)10-9-20-12-17(22)13-23-18-7-5-16(11-19)6-8-18/h5-8,14-15,17,20,22H,9-10,12-13H2,1-4H3/t17-/m0/s1. The van der Waals surface area contributed by atoms with Crippen LogP contribution in [0.3, 0.4) is 0 Å². The van der Waals surface area contributed by atoms with Crippen molar-refractivity contribution >= 4 is 0 Å². The van der Waals surface area contributed by atoms with Crippen LogP contribution >= 0.6 is 0 Å². The van der Waals surface area contributed by atoms with Crippen molar-refractivity contribution in [3.05, 3.63) is 29.8 Å². The Hall–Kier alpha value is -1.61. The molecule has 1 aromatic carbocycles. The molecule has 0 unspecified atom stereocenters. The Morgan fingerprint density at radius 1 is 1.17 bits per heavy atom. The van der Waals surface area contributed by atoms with E-state index in [1.807, 2.05) is 0 Å². The molecule has 0 aromatic heterocycles. The highest BCUT2D eigenvalue weighted by atomic mass is 16.5. The van der Waals surface area contributed by atoms with Gasteiger partial charge in [0.15, 0.2) is 0 Å². The third kappa shape index (κ3) is 7.47. The fourth-order valence-electron chi connectivity index (χ4n) is 2.47. The van der Waals surface area contributed by atoms with Crippen LogP contribution in [0.4, 0.5) is 0 Å². The first-order chi connectivity index (χ1) is 10.9. The van der Waals surface area contributed by atoms with Gasteiger partial charge in [0, 0.05) is 31.7 Å². The van der Waals surface area contributed by atoms with Crippen LogP contribution in [0.15, 0.2) is 24.3 Å². The molecule has 0 heterocycles. The summed E-state index contributed by atoms with van der Waals surface area (Å²) in [5.41, 5.74) is 0.597. The van der Waals surface area contributed by atoms with Crippen molar-refractivity contribution < 1.29 is 9.84 Å². The predicted molar refractivity (Wildman–Crippen MR) is 92.5 cm³/mol. The summed E-state index contributed by atoms with van der Waals surface area (Å²) >= 11 is 0. The first kappa shape index (κ1) is 19.4. The molecule has 0 fully saturated rings. The zero-order valence-electron chi connectivity index (χ0n) is 14.6. The Bertz CT molecular complexity index is 472. The Balaban J connectivity index is 2.21. The molecule has 128 valence electrons. The molecule has 0 aliphatic heterocycles. The smallest absolute Gasteiger partial charge is 0.119 e. The summed E-state index contributed by atoms with van der Waals surface area (Å²) in [7, 11) is 0. The average molecular weight is 319 g/mol. The molecule has 5 nitrogen and oxygen atoms in total. The van der Waals surface area contributed by atoms with Crippen molar-refractivity contribution in [3.8, 4) is 11.8 Å². The summed E-state index contributed by atoms with van der Waals surface area (Å²) in [6, 6.07) is 9.97. The Morgan fingerprint density at radius 2 is 1.78 bits per heavy atom. The fraction of sp³-hybridized carbons (Fsp3) is 0.611. The van der Waals surface area contributed by atoms with Gasteiger partial charge in [-0.2, -0.15) is 5.26 Å². The maximum absolute atomic E-state index is 9.94. The van der Waals surface area contributed by atoms with E-state index in [-0.39, 0.29) is 6.61 Å². The van der Waals surface area contributed by atoms with Crippen molar-refractivity contribution in [2.24, 2.45) is 0 Å². The van der Waals surface area contributed by atoms with E-state index in [1.165, 1.54) is 0 Å². The lowest BCUT2D eigenvalue weighted by molar-refractivity contribution is 0.104. The van der Waals surface area contributed by atoms with Crippen molar-refractivity contribution in [2.45, 2.75) is 45.9 Å². The summed E-state index contributed by atoms with van der Waals surface area (Å²) in [6.07, 6.45) is -0.558. The largest absolute Gasteiger partial charge is 0.491 e. The second-order valence-electron chi connectivity index (χ2n) is 6.23. The van der Waals surface area contributed by atoms with Crippen molar-refractivity contribution in [1.82, 2.24) is 10.2 Å². The number of benzene rings is 1. The van der Waals surface area contributed by atoms with E-state index in [1.54, 1.807) is 24.3 Å². The van der Waals surface area contributed by atoms with Gasteiger partial charge in [-0.25, -0.2) is 0 Å². The number of nitrogens with zero attached hydrogens (tertiary/aromatic N) is 2. The third-order valence-corrected chi connectivity index (χ3v) is 3.68. The highest BCUT2D eigenvalue weighted by Crippen LogP contribution is 2.11. The van der Waals surface area contributed by atoms with Gasteiger partial charge in [-0.1, -0.05) is 0 Å². The minimum Gasteiger partial charge on any atom is -0.491 e. The van der Waals surface area contributed by atoms with E-state index in [0.717, 1.165) is 13.1 Å². The summed E-state index contributed by atoms with van der Waals surface area (Å²) in [6.45, 7) is 11.3. The second kappa shape index (κ2) is 10.2. The van der Waals surface area contributed by atoms with Crippen LogP contribution < -0.4 is 10.1 Å². The molecule has 0 bridgehead atoms. The molecule has 1 aromatic rings. The number of rotatable bonds is 10. The molecule has 0 amide bonds. The fourth-order valence-corrected chi connectivity index (χ4v) is 2.47. The normalized spacial score (nSPS) is 12.7. The number of aliphatic hydroxyl groups is 1. The van der Waals surface area contributed by atoms with Gasteiger partial charge >= 0.3 is 0 Å². The maximum Gasteiger partial charge on any atom is 0.119 e. The molecule has 1 atom stereocenters. The van der Waals surface area contributed by atoms with Crippen LogP contribution in [-0.2, 0) is 0 Å². The molecule has 0 spiro atoms. The number of hydrogen-bond acceptors (Lipinski definition) is 5. The first-order valence-corrected chi connectivity index (χ1v) is 8.21. The lowest BCUT2D eigenvalue weighted by Gasteiger charge is -2.30. The van der Waals surface area contributed by atoms with Crippen LogP contribution in [0.5, 0.6) is 5.75 Å². The van der Waals surface area contributed by atoms with Gasteiger partial charge in [-0.15, -0.1) is 0 Å². The minimum atomic E-state index is -0.558. The lowest BCUT2D eigenvalue weighted by atomic mass is 10.2. The summed E-state index contributed by atoms with van der Waals surface area (Å²) in [5.74, 6) is 0.661. The quantitative estimate of drug-likeness (QED) is 0.646. The maximum atomic E-state index is 9.94. The summed E-state index contributed by atoms with van der Waals surface area (Å²) in [5, 5.41) is 21.9. The monoisotopic (exact) mass is 319 g/mol. The molecule has 0 saturated heterocycles. The zero-order chi connectivity index (χ0) is 17.2. The van der Waals surface area contributed by atoms with Gasteiger partial charge in [0.25, 0.3) is 0 Å². The molecular weight excluding hydrogens is 290 g/mol. The van der Waals surface area contributed by atoms with Gasteiger partial charge in [0.1, 0.15) is 18.5 Å². The molecule has 2 N–H and O–H groups in total. The van der Waals surface area contributed by atoms with Gasteiger partial charge in [-0.05, 0) is 52.0 Å². The average Bonchev–Trinajstić information content (AvgIpc) is 2.52. The predicted octanol–water partition coefficient (Wildman–Crippen LogP) is 2.01. The van der Waals surface area contributed by atoms with Crippen LogP contribution in [0, 0.1) is 11.3 Å². The number of aliphatic hydroxyl groups excluding tert-OH is 1. The van der Waals surface area contributed by atoms with E-state index >= 15 is 0 Å². The first-order valence-electron chi connectivity index (χ1n) is 8.21. The number of ether oxygens (including phenoxy) is 1. The van der Waals surface area contributed by atoms with Crippen LogP contribution in [0.2, 0.25) is 0 Å². The van der Waals surface area contributed by atoms with Crippen LogP contribution in [0.25, 0.3) is 0 Å². The topological polar surface area (TPSA) is 68.5 Å². The van der Waals surface area contributed by atoms with Gasteiger partial charge < -0.3 is 15.2 Å². The highest BCUT2D eigenvalue weighted by molar-refractivity contribution is 5.34. The van der Waals surface area contributed by atoms with Crippen LogP contribution in [-0.4, -0.2) is 54.4 Å². The Labute approximate surface area is 139 Å². The molecule has 0 aliphatic carbocycles. The Morgan fingerprint density at radius 3 is 2.30 bits per heavy atom. The zero-order valence-corrected chi connectivity index (χ0v) is 14.6.